The Hall–Kier alpha value is -2.83. The van der Waals surface area contributed by atoms with Gasteiger partial charge in [0.2, 0.25) is 12.7 Å². The number of carbonyl (C=O) groups is 1. The van der Waals surface area contributed by atoms with Gasteiger partial charge in [-0.15, -0.1) is 10.2 Å². The van der Waals surface area contributed by atoms with E-state index < -0.39 is 0 Å². The number of aromatic nitrogens is 2. The van der Waals surface area contributed by atoms with Crippen LogP contribution in [0.2, 0.25) is 0 Å². The second-order valence-corrected chi connectivity index (χ2v) is 8.45. The summed E-state index contributed by atoms with van der Waals surface area (Å²) in [5.74, 6) is 2.57. The van der Waals surface area contributed by atoms with E-state index >= 15 is 0 Å². The number of anilines is 1. The van der Waals surface area contributed by atoms with Crippen LogP contribution in [0, 0.1) is 5.41 Å². The van der Waals surface area contributed by atoms with Gasteiger partial charge < -0.3 is 19.3 Å². The van der Waals surface area contributed by atoms with E-state index in [4.69, 9.17) is 9.47 Å². The predicted octanol–water partition coefficient (Wildman–Crippen LogP) is 2.96. The monoisotopic (exact) mass is 382 g/mol. The zero-order chi connectivity index (χ0) is 19.7. The molecule has 0 radical (unpaired) electrons. The SMILES string of the molecule is CC(C)(C)CC(=O)N1CCN(c2ccc(-c3ccc4c(c3)OCO4)nn2)CC1. The molecule has 0 spiro atoms. The van der Waals surface area contributed by atoms with E-state index in [0.717, 1.165) is 54.8 Å². The highest BCUT2D eigenvalue weighted by molar-refractivity contribution is 5.77. The second-order valence-electron chi connectivity index (χ2n) is 8.45. The van der Waals surface area contributed by atoms with Crippen molar-refractivity contribution in [3.05, 3.63) is 30.3 Å². The predicted molar refractivity (Wildman–Crippen MR) is 106 cm³/mol. The normalized spacial score (nSPS) is 16.4. The van der Waals surface area contributed by atoms with Crippen molar-refractivity contribution >= 4 is 11.7 Å². The van der Waals surface area contributed by atoms with Crippen molar-refractivity contribution in [1.29, 1.82) is 0 Å². The fourth-order valence-electron chi connectivity index (χ4n) is 3.45. The van der Waals surface area contributed by atoms with Gasteiger partial charge in [0.1, 0.15) is 0 Å². The summed E-state index contributed by atoms with van der Waals surface area (Å²) in [6.07, 6.45) is 0.580. The van der Waals surface area contributed by atoms with Crippen LogP contribution < -0.4 is 14.4 Å². The molecule has 148 valence electrons. The topological polar surface area (TPSA) is 67.8 Å². The van der Waals surface area contributed by atoms with Crippen molar-refractivity contribution in [3.8, 4) is 22.8 Å². The Morgan fingerprint density at radius 3 is 2.43 bits per heavy atom. The summed E-state index contributed by atoms with van der Waals surface area (Å²) in [6.45, 7) is 9.53. The number of nitrogens with zero attached hydrogens (tertiary/aromatic N) is 4. The number of ether oxygens (including phenoxy) is 2. The van der Waals surface area contributed by atoms with Crippen LogP contribution in [0.5, 0.6) is 11.5 Å². The largest absolute Gasteiger partial charge is 0.454 e. The molecule has 0 saturated carbocycles. The molecule has 7 heteroatoms. The van der Waals surface area contributed by atoms with E-state index in [-0.39, 0.29) is 18.1 Å². The molecule has 3 heterocycles. The van der Waals surface area contributed by atoms with Crippen LogP contribution >= 0.6 is 0 Å². The van der Waals surface area contributed by atoms with Crippen LogP contribution in [0.15, 0.2) is 30.3 Å². The number of hydrogen-bond donors (Lipinski definition) is 0. The third kappa shape index (κ3) is 4.03. The summed E-state index contributed by atoms with van der Waals surface area (Å²) >= 11 is 0. The fraction of sp³-hybridized carbons (Fsp3) is 0.476. The van der Waals surface area contributed by atoms with Gasteiger partial charge in [0.15, 0.2) is 17.3 Å². The van der Waals surface area contributed by atoms with Gasteiger partial charge in [-0.1, -0.05) is 20.8 Å². The molecule has 1 saturated heterocycles. The van der Waals surface area contributed by atoms with Gasteiger partial charge in [0, 0.05) is 38.2 Å². The second kappa shape index (κ2) is 7.30. The Balaban J connectivity index is 1.38. The van der Waals surface area contributed by atoms with Gasteiger partial charge in [-0.2, -0.15) is 0 Å². The number of benzene rings is 1. The smallest absolute Gasteiger partial charge is 0.231 e. The zero-order valence-electron chi connectivity index (χ0n) is 16.6. The zero-order valence-corrected chi connectivity index (χ0v) is 16.6. The average molecular weight is 382 g/mol. The number of hydrogen-bond acceptors (Lipinski definition) is 6. The first-order valence-electron chi connectivity index (χ1n) is 9.65. The van der Waals surface area contributed by atoms with Gasteiger partial charge in [-0.25, -0.2) is 0 Å². The first-order valence-corrected chi connectivity index (χ1v) is 9.65. The molecule has 0 unspecified atom stereocenters. The van der Waals surface area contributed by atoms with Crippen molar-refractivity contribution in [2.45, 2.75) is 27.2 Å². The van der Waals surface area contributed by atoms with Crippen LogP contribution in [0.25, 0.3) is 11.3 Å². The molecule has 0 N–H and O–H groups in total. The summed E-state index contributed by atoms with van der Waals surface area (Å²) in [7, 11) is 0. The van der Waals surface area contributed by atoms with E-state index in [1.807, 2.05) is 35.2 Å². The van der Waals surface area contributed by atoms with E-state index in [2.05, 4.69) is 35.9 Å². The minimum atomic E-state index is 0.0181. The highest BCUT2D eigenvalue weighted by atomic mass is 16.7. The summed E-state index contributed by atoms with van der Waals surface area (Å²) in [5.41, 5.74) is 1.76. The lowest BCUT2D eigenvalue weighted by Gasteiger charge is -2.36. The van der Waals surface area contributed by atoms with Gasteiger partial charge in [0.25, 0.3) is 0 Å². The van der Waals surface area contributed by atoms with Crippen molar-refractivity contribution in [2.24, 2.45) is 5.41 Å². The number of fused-ring (bicyclic) bond motifs is 1. The molecule has 0 bridgehead atoms. The molecular weight excluding hydrogens is 356 g/mol. The molecule has 2 aromatic rings. The van der Waals surface area contributed by atoms with Gasteiger partial charge >= 0.3 is 0 Å². The van der Waals surface area contributed by atoms with E-state index in [1.54, 1.807) is 0 Å². The van der Waals surface area contributed by atoms with Crippen LogP contribution in [0.4, 0.5) is 5.82 Å². The van der Waals surface area contributed by atoms with Crippen molar-refractivity contribution in [1.82, 2.24) is 15.1 Å². The maximum Gasteiger partial charge on any atom is 0.231 e. The van der Waals surface area contributed by atoms with Crippen molar-refractivity contribution < 1.29 is 14.3 Å². The Kier molecular flexibility index (Phi) is 4.83. The number of rotatable bonds is 3. The molecule has 1 amide bonds. The summed E-state index contributed by atoms with van der Waals surface area (Å²) in [6, 6.07) is 9.72. The standard InChI is InChI=1S/C21H26N4O3/c1-21(2,3)13-20(26)25-10-8-24(9-11-25)19-7-5-16(22-23-19)15-4-6-17-18(12-15)28-14-27-17/h4-7,12H,8-11,13-14H2,1-3H3. The molecule has 28 heavy (non-hydrogen) atoms. The quantitative estimate of drug-likeness (QED) is 0.813. The third-order valence-corrected chi connectivity index (χ3v) is 4.96. The molecule has 2 aliphatic heterocycles. The van der Waals surface area contributed by atoms with E-state index in [0.29, 0.717) is 6.42 Å². The minimum absolute atomic E-state index is 0.0181. The first kappa shape index (κ1) is 18.5. The average Bonchev–Trinajstić information content (AvgIpc) is 3.15. The van der Waals surface area contributed by atoms with Gasteiger partial charge in [-0.05, 0) is 35.7 Å². The molecule has 1 aromatic carbocycles. The molecule has 0 aliphatic carbocycles. The first-order chi connectivity index (χ1) is 13.4. The lowest BCUT2D eigenvalue weighted by molar-refractivity contribution is -0.133. The van der Waals surface area contributed by atoms with Crippen molar-refractivity contribution in [3.63, 3.8) is 0 Å². The van der Waals surface area contributed by atoms with E-state index in [1.165, 1.54) is 0 Å². The summed E-state index contributed by atoms with van der Waals surface area (Å²) < 4.78 is 10.8. The maximum atomic E-state index is 12.4. The minimum Gasteiger partial charge on any atom is -0.454 e. The molecule has 1 aromatic heterocycles. The Morgan fingerprint density at radius 1 is 1.00 bits per heavy atom. The highest BCUT2D eigenvalue weighted by Gasteiger charge is 2.25. The Bertz CT molecular complexity index is 853. The maximum absolute atomic E-state index is 12.4. The van der Waals surface area contributed by atoms with Crippen LogP contribution in [0.3, 0.4) is 0 Å². The van der Waals surface area contributed by atoms with Gasteiger partial charge in [-0.3, -0.25) is 4.79 Å². The highest BCUT2D eigenvalue weighted by Crippen LogP contribution is 2.35. The van der Waals surface area contributed by atoms with Gasteiger partial charge in [0.05, 0.1) is 5.69 Å². The number of carbonyl (C=O) groups excluding carboxylic acids is 1. The molecule has 0 atom stereocenters. The third-order valence-electron chi connectivity index (χ3n) is 4.96. The van der Waals surface area contributed by atoms with Crippen molar-refractivity contribution in [2.75, 3.05) is 37.9 Å². The van der Waals surface area contributed by atoms with E-state index in [9.17, 15) is 4.79 Å². The molecule has 1 fully saturated rings. The lowest BCUT2D eigenvalue weighted by atomic mass is 9.91. The molecular formula is C21H26N4O3. The van der Waals surface area contributed by atoms with Crippen LogP contribution in [-0.4, -0.2) is 54.0 Å². The molecule has 2 aliphatic rings. The lowest BCUT2D eigenvalue weighted by Crippen LogP contribution is -2.49. The molecule has 7 nitrogen and oxygen atoms in total. The summed E-state index contributed by atoms with van der Waals surface area (Å²) in [5, 5.41) is 8.79. The van der Waals surface area contributed by atoms with Crippen LogP contribution in [-0.2, 0) is 4.79 Å². The Labute approximate surface area is 165 Å². The molecule has 4 rings (SSSR count). The van der Waals surface area contributed by atoms with Crippen LogP contribution in [0.1, 0.15) is 27.2 Å². The summed E-state index contributed by atoms with van der Waals surface area (Å²) in [4.78, 5) is 16.5. The number of piperazine rings is 1. The Morgan fingerprint density at radius 2 is 1.75 bits per heavy atom. The number of amides is 1. The fourth-order valence-corrected chi connectivity index (χ4v) is 3.45.